The van der Waals surface area contributed by atoms with Crippen molar-refractivity contribution in [3.8, 4) is 5.75 Å². The maximum atomic E-state index is 13.0. The number of hydrogen-bond donors (Lipinski definition) is 1. The number of carbonyl (C=O) groups is 1. The van der Waals surface area contributed by atoms with Gasteiger partial charge in [-0.1, -0.05) is 11.6 Å². The maximum absolute atomic E-state index is 13.0. The number of carbonyl (C=O) groups excluding carboxylic acids is 1. The summed E-state index contributed by atoms with van der Waals surface area (Å²) in [6.45, 7) is 2.58. The fourth-order valence-corrected chi connectivity index (χ4v) is 3.50. The second kappa shape index (κ2) is 9.46. The molecular weight excluding hydrogens is 459 g/mol. The average molecular weight is 482 g/mol. The van der Waals surface area contributed by atoms with E-state index in [0.717, 1.165) is 24.5 Å². The molecule has 33 heavy (non-hydrogen) atoms. The van der Waals surface area contributed by atoms with Gasteiger partial charge in [0.1, 0.15) is 11.4 Å². The Hall–Kier alpha value is -3.01. The van der Waals surface area contributed by atoms with Gasteiger partial charge in [-0.25, -0.2) is 4.68 Å². The third kappa shape index (κ3) is 5.87. The molecule has 1 aliphatic rings. The van der Waals surface area contributed by atoms with Gasteiger partial charge in [-0.05, 0) is 62.1 Å². The fourth-order valence-electron chi connectivity index (χ4n) is 3.38. The van der Waals surface area contributed by atoms with Gasteiger partial charge in [-0.2, -0.15) is 23.4 Å². The SMILES string of the molecule is Cc1cc(OCn2ccc(C(=O)NCCCn3nc(C(F)(F)F)cc3C3CC3)n2)ccc1Cl. The largest absolute Gasteiger partial charge is 0.471 e. The number of aryl methyl sites for hydroxylation is 2. The van der Waals surface area contributed by atoms with E-state index < -0.39 is 11.9 Å². The number of alkyl halides is 3. The lowest BCUT2D eigenvalue weighted by Crippen LogP contribution is -2.26. The number of ether oxygens (including phenoxy) is 1. The molecule has 0 spiro atoms. The van der Waals surface area contributed by atoms with Crippen LogP contribution in [0.25, 0.3) is 0 Å². The third-order valence-corrected chi connectivity index (χ3v) is 5.72. The zero-order valence-corrected chi connectivity index (χ0v) is 18.7. The summed E-state index contributed by atoms with van der Waals surface area (Å²) >= 11 is 6.00. The van der Waals surface area contributed by atoms with E-state index in [1.807, 2.05) is 13.0 Å². The van der Waals surface area contributed by atoms with Crippen LogP contribution in [0.5, 0.6) is 5.75 Å². The molecule has 176 valence electrons. The van der Waals surface area contributed by atoms with E-state index >= 15 is 0 Å². The van der Waals surface area contributed by atoms with Gasteiger partial charge in [0.05, 0.1) is 0 Å². The zero-order chi connectivity index (χ0) is 23.6. The molecule has 0 bridgehead atoms. The van der Waals surface area contributed by atoms with Crippen molar-refractivity contribution in [1.29, 1.82) is 0 Å². The molecule has 1 amide bonds. The number of halogens is 4. The normalized spacial score (nSPS) is 13.8. The van der Waals surface area contributed by atoms with E-state index in [1.54, 1.807) is 24.4 Å². The fraction of sp³-hybridized carbons (Fsp3) is 0.409. The molecule has 1 aromatic carbocycles. The van der Waals surface area contributed by atoms with Crippen LogP contribution in [0.15, 0.2) is 36.5 Å². The number of hydrogen-bond acceptors (Lipinski definition) is 4. The summed E-state index contributed by atoms with van der Waals surface area (Å²) in [5, 5.41) is 11.3. The molecule has 0 atom stereocenters. The van der Waals surface area contributed by atoms with Gasteiger partial charge in [0.25, 0.3) is 5.91 Å². The Balaban J connectivity index is 1.25. The predicted molar refractivity (Wildman–Crippen MR) is 115 cm³/mol. The molecule has 7 nitrogen and oxygen atoms in total. The Bertz CT molecular complexity index is 1140. The second-order valence-corrected chi connectivity index (χ2v) is 8.39. The topological polar surface area (TPSA) is 74.0 Å². The smallest absolute Gasteiger partial charge is 0.435 e. The quantitative estimate of drug-likeness (QED) is 0.446. The predicted octanol–water partition coefficient (Wildman–Crippen LogP) is 4.79. The molecule has 11 heteroatoms. The Morgan fingerprint density at radius 1 is 1.24 bits per heavy atom. The molecule has 0 saturated heterocycles. The summed E-state index contributed by atoms with van der Waals surface area (Å²) in [4.78, 5) is 12.3. The molecule has 1 aliphatic carbocycles. The van der Waals surface area contributed by atoms with Crippen LogP contribution < -0.4 is 10.1 Å². The van der Waals surface area contributed by atoms with Crippen LogP contribution in [0, 0.1) is 6.92 Å². The van der Waals surface area contributed by atoms with Gasteiger partial charge in [0, 0.05) is 35.9 Å². The third-order valence-electron chi connectivity index (χ3n) is 5.30. The van der Waals surface area contributed by atoms with Crippen molar-refractivity contribution in [3.05, 3.63) is 64.2 Å². The monoisotopic (exact) mass is 481 g/mol. The molecule has 4 rings (SSSR count). The zero-order valence-electron chi connectivity index (χ0n) is 17.9. The molecule has 1 fully saturated rings. The highest BCUT2D eigenvalue weighted by Crippen LogP contribution is 2.42. The second-order valence-electron chi connectivity index (χ2n) is 7.98. The summed E-state index contributed by atoms with van der Waals surface area (Å²) in [7, 11) is 0. The molecule has 2 heterocycles. The van der Waals surface area contributed by atoms with Crippen LogP contribution in [-0.2, 0) is 19.5 Å². The Morgan fingerprint density at radius 2 is 2.03 bits per heavy atom. The molecule has 1 N–H and O–H groups in total. The number of benzene rings is 1. The van der Waals surface area contributed by atoms with Gasteiger partial charge >= 0.3 is 6.18 Å². The standard InChI is InChI=1S/C22H23ClF3N5O2/c1-14-11-16(5-6-17(14)23)33-13-30-10-7-18(28-30)21(32)27-8-2-9-31-19(15-3-4-15)12-20(29-31)22(24,25)26/h5-7,10-12,15H,2-4,8-9,13H2,1H3,(H,27,32). The van der Waals surface area contributed by atoms with E-state index in [4.69, 9.17) is 16.3 Å². The minimum Gasteiger partial charge on any atom is -0.471 e. The van der Waals surface area contributed by atoms with Crippen molar-refractivity contribution in [2.24, 2.45) is 0 Å². The van der Waals surface area contributed by atoms with E-state index in [1.165, 1.54) is 9.36 Å². The van der Waals surface area contributed by atoms with Crippen molar-refractivity contribution in [3.63, 3.8) is 0 Å². The number of amides is 1. The van der Waals surface area contributed by atoms with E-state index in [9.17, 15) is 18.0 Å². The van der Waals surface area contributed by atoms with Crippen molar-refractivity contribution in [2.75, 3.05) is 6.54 Å². The molecule has 0 radical (unpaired) electrons. The van der Waals surface area contributed by atoms with Crippen LogP contribution in [0.1, 0.15) is 52.6 Å². The lowest BCUT2D eigenvalue weighted by Gasteiger charge is -2.08. The van der Waals surface area contributed by atoms with Gasteiger partial charge in [0.2, 0.25) is 0 Å². The van der Waals surface area contributed by atoms with Crippen LogP contribution in [-0.4, -0.2) is 32.0 Å². The summed E-state index contributed by atoms with van der Waals surface area (Å²) in [6, 6.07) is 8.01. The van der Waals surface area contributed by atoms with E-state index in [0.29, 0.717) is 29.4 Å². The molecule has 1 saturated carbocycles. The highest BCUT2D eigenvalue weighted by atomic mass is 35.5. The molecular formula is C22H23ClF3N5O2. The molecule has 0 unspecified atom stereocenters. The van der Waals surface area contributed by atoms with Crippen LogP contribution in [0.3, 0.4) is 0 Å². The first-order valence-electron chi connectivity index (χ1n) is 10.6. The molecule has 3 aromatic rings. The van der Waals surface area contributed by atoms with Gasteiger partial charge in [-0.15, -0.1) is 0 Å². The number of aromatic nitrogens is 4. The average Bonchev–Trinajstić information content (AvgIpc) is 3.32. The first kappa shape index (κ1) is 23.2. The van der Waals surface area contributed by atoms with E-state index in [-0.39, 0.29) is 30.8 Å². The summed E-state index contributed by atoms with van der Waals surface area (Å²) in [6.07, 6.45) is -0.627. The van der Waals surface area contributed by atoms with Crippen LogP contribution in [0.4, 0.5) is 13.2 Å². The summed E-state index contributed by atoms with van der Waals surface area (Å²) < 4.78 is 47.5. The number of nitrogens with one attached hydrogen (secondary N) is 1. The van der Waals surface area contributed by atoms with Crippen molar-refractivity contribution in [1.82, 2.24) is 24.9 Å². The Kier molecular flexibility index (Phi) is 6.64. The first-order chi connectivity index (χ1) is 15.7. The molecule has 0 aliphatic heterocycles. The maximum Gasteiger partial charge on any atom is 0.435 e. The highest BCUT2D eigenvalue weighted by Gasteiger charge is 2.37. The minimum atomic E-state index is -4.46. The van der Waals surface area contributed by atoms with E-state index in [2.05, 4.69) is 15.5 Å². The minimum absolute atomic E-state index is 0.124. The first-order valence-corrected chi connectivity index (χ1v) is 10.9. The van der Waals surface area contributed by atoms with Gasteiger partial charge in [0.15, 0.2) is 12.4 Å². The number of rotatable bonds is 9. The summed E-state index contributed by atoms with van der Waals surface area (Å²) in [5.74, 6) is 0.414. The lowest BCUT2D eigenvalue weighted by molar-refractivity contribution is -0.141. The van der Waals surface area contributed by atoms with Gasteiger partial charge in [-0.3, -0.25) is 9.48 Å². The Labute approximate surface area is 193 Å². The van der Waals surface area contributed by atoms with Crippen molar-refractivity contribution >= 4 is 17.5 Å². The van der Waals surface area contributed by atoms with Crippen molar-refractivity contribution in [2.45, 2.75) is 51.6 Å². The van der Waals surface area contributed by atoms with Crippen molar-refractivity contribution < 1.29 is 22.7 Å². The number of nitrogens with zero attached hydrogens (tertiary/aromatic N) is 4. The highest BCUT2D eigenvalue weighted by molar-refractivity contribution is 6.31. The van der Waals surface area contributed by atoms with Crippen LogP contribution in [0.2, 0.25) is 5.02 Å². The van der Waals surface area contributed by atoms with Crippen LogP contribution >= 0.6 is 11.6 Å². The molecule has 2 aromatic heterocycles. The van der Waals surface area contributed by atoms with Gasteiger partial charge < -0.3 is 10.1 Å². The lowest BCUT2D eigenvalue weighted by atomic mass is 10.2. The summed E-state index contributed by atoms with van der Waals surface area (Å²) in [5.41, 5.74) is 0.866. The Morgan fingerprint density at radius 3 is 2.73 bits per heavy atom.